The van der Waals surface area contributed by atoms with Crippen LogP contribution in [-0.4, -0.2) is 22.6 Å². The van der Waals surface area contributed by atoms with E-state index in [1.54, 1.807) is 12.1 Å². The van der Waals surface area contributed by atoms with Crippen molar-refractivity contribution in [3.8, 4) is 11.5 Å². The molecule has 0 aliphatic heterocycles. The van der Waals surface area contributed by atoms with Crippen LogP contribution in [0.15, 0.2) is 78.9 Å². The zero-order valence-corrected chi connectivity index (χ0v) is 16.1. The van der Waals surface area contributed by atoms with Crippen molar-refractivity contribution in [2.75, 3.05) is 0 Å². The fourth-order valence-electron chi connectivity index (χ4n) is 2.78. The highest BCUT2D eigenvalue weighted by Gasteiger charge is 2.19. The fourth-order valence-corrected chi connectivity index (χ4v) is 2.78. The van der Waals surface area contributed by atoms with Gasteiger partial charge in [0.1, 0.15) is 24.7 Å². The van der Waals surface area contributed by atoms with Crippen molar-refractivity contribution in [3.05, 3.63) is 95.6 Å². The van der Waals surface area contributed by atoms with E-state index in [0.29, 0.717) is 22.6 Å². The predicted octanol–water partition coefficient (Wildman–Crippen LogP) is 4.07. The number of hydrogen-bond donors (Lipinski definition) is 1. The largest absolute Gasteiger partial charge is 0.489 e. The smallest absolute Gasteiger partial charge is 0.372 e. The van der Waals surface area contributed by atoms with Gasteiger partial charge in [-0.3, -0.25) is 9.59 Å². The quantitative estimate of drug-likeness (QED) is 0.311. The third kappa shape index (κ3) is 6.04. The molecule has 0 bridgehead atoms. The fraction of sp³-hybridized carbons (Fsp3) is 0.125. The topological polar surface area (TPSA) is 89.9 Å². The Kier molecular flexibility index (Phi) is 6.95. The first-order valence-electron chi connectivity index (χ1n) is 9.29. The maximum Gasteiger partial charge on any atom is 0.372 e. The number of para-hydroxylation sites is 2. The molecule has 0 spiro atoms. The van der Waals surface area contributed by atoms with Gasteiger partial charge >= 0.3 is 5.97 Å². The third-order valence-corrected chi connectivity index (χ3v) is 4.23. The number of Topliss-reactive ketones (excluding diaryl/α,β-unsaturated/α-hetero) is 2. The van der Waals surface area contributed by atoms with Crippen LogP contribution < -0.4 is 9.47 Å². The maximum atomic E-state index is 12.4. The Labute approximate surface area is 173 Å². The van der Waals surface area contributed by atoms with Crippen LogP contribution in [-0.2, 0) is 22.8 Å². The molecular weight excluding hydrogens is 384 g/mol. The Hall–Kier alpha value is -3.93. The SMILES string of the molecule is O=C(O)C(=O)CC(=O)c1cc(COc2ccccc2)cc(COc2ccccc2)c1. The number of ketones is 2. The molecule has 0 radical (unpaired) electrons. The summed E-state index contributed by atoms with van der Waals surface area (Å²) in [7, 11) is 0. The van der Waals surface area contributed by atoms with Gasteiger partial charge in [0.2, 0.25) is 5.78 Å². The van der Waals surface area contributed by atoms with E-state index in [1.165, 1.54) is 0 Å². The highest BCUT2D eigenvalue weighted by Crippen LogP contribution is 2.18. The molecule has 6 nitrogen and oxygen atoms in total. The molecule has 0 saturated heterocycles. The molecule has 152 valence electrons. The molecule has 0 saturated carbocycles. The Bertz CT molecular complexity index is 966. The zero-order valence-electron chi connectivity index (χ0n) is 16.1. The van der Waals surface area contributed by atoms with Gasteiger partial charge in [-0.25, -0.2) is 4.79 Å². The molecule has 0 heterocycles. The Balaban J connectivity index is 1.79. The van der Waals surface area contributed by atoms with Crippen LogP contribution in [0, 0.1) is 0 Å². The summed E-state index contributed by atoms with van der Waals surface area (Å²) in [4.78, 5) is 34.7. The molecule has 0 atom stereocenters. The summed E-state index contributed by atoms with van der Waals surface area (Å²) in [6.45, 7) is 0.409. The molecule has 3 aromatic carbocycles. The third-order valence-electron chi connectivity index (χ3n) is 4.23. The molecule has 6 heteroatoms. The van der Waals surface area contributed by atoms with Gasteiger partial charge in [0, 0.05) is 5.56 Å². The minimum absolute atomic E-state index is 0.205. The first-order chi connectivity index (χ1) is 14.5. The molecule has 0 aliphatic rings. The van der Waals surface area contributed by atoms with E-state index >= 15 is 0 Å². The van der Waals surface area contributed by atoms with Crippen LogP contribution in [0.1, 0.15) is 27.9 Å². The summed E-state index contributed by atoms with van der Waals surface area (Å²) in [5, 5.41) is 8.77. The number of carbonyl (C=O) groups is 3. The number of carboxylic acid groups (broad SMARTS) is 1. The summed E-state index contributed by atoms with van der Waals surface area (Å²) in [6.07, 6.45) is -0.697. The lowest BCUT2D eigenvalue weighted by Gasteiger charge is -2.12. The molecule has 0 unspecified atom stereocenters. The van der Waals surface area contributed by atoms with Crippen molar-refractivity contribution < 1.29 is 29.0 Å². The van der Waals surface area contributed by atoms with Crippen molar-refractivity contribution in [1.29, 1.82) is 0 Å². The second-order valence-corrected chi connectivity index (χ2v) is 6.57. The average molecular weight is 404 g/mol. The highest BCUT2D eigenvalue weighted by atomic mass is 16.5. The second-order valence-electron chi connectivity index (χ2n) is 6.57. The lowest BCUT2D eigenvalue weighted by Crippen LogP contribution is -2.17. The summed E-state index contributed by atoms with van der Waals surface area (Å²) < 4.78 is 11.5. The minimum Gasteiger partial charge on any atom is -0.489 e. The van der Waals surface area contributed by atoms with Crippen LogP contribution in [0.2, 0.25) is 0 Å². The average Bonchev–Trinajstić information content (AvgIpc) is 2.77. The molecule has 30 heavy (non-hydrogen) atoms. The molecule has 3 aromatic rings. The second kappa shape index (κ2) is 10.0. The van der Waals surface area contributed by atoms with E-state index in [9.17, 15) is 14.4 Å². The van der Waals surface area contributed by atoms with Crippen molar-refractivity contribution in [2.45, 2.75) is 19.6 Å². The minimum atomic E-state index is -1.63. The predicted molar refractivity (Wildman–Crippen MR) is 110 cm³/mol. The monoisotopic (exact) mass is 404 g/mol. The Morgan fingerprint density at radius 3 is 1.60 bits per heavy atom. The number of hydrogen-bond acceptors (Lipinski definition) is 5. The van der Waals surface area contributed by atoms with E-state index in [4.69, 9.17) is 14.6 Å². The number of ether oxygens (including phenoxy) is 2. The van der Waals surface area contributed by atoms with Crippen molar-refractivity contribution in [1.82, 2.24) is 0 Å². The van der Waals surface area contributed by atoms with Crippen molar-refractivity contribution in [3.63, 3.8) is 0 Å². The van der Waals surface area contributed by atoms with Gasteiger partial charge in [0.15, 0.2) is 5.78 Å². The van der Waals surface area contributed by atoms with Crippen LogP contribution in [0.25, 0.3) is 0 Å². The molecule has 1 N–H and O–H groups in total. The van der Waals surface area contributed by atoms with E-state index in [2.05, 4.69) is 0 Å². The normalized spacial score (nSPS) is 10.3. The van der Waals surface area contributed by atoms with Gasteiger partial charge in [-0.05, 0) is 53.6 Å². The lowest BCUT2D eigenvalue weighted by molar-refractivity contribution is -0.148. The van der Waals surface area contributed by atoms with Gasteiger partial charge < -0.3 is 14.6 Å². The van der Waals surface area contributed by atoms with Crippen LogP contribution in [0.3, 0.4) is 0 Å². The molecular formula is C24H20O6. The number of aliphatic carboxylic acids is 1. The Morgan fingerprint density at radius 1 is 0.700 bits per heavy atom. The zero-order chi connectivity index (χ0) is 21.3. The lowest BCUT2D eigenvalue weighted by atomic mass is 10.0. The van der Waals surface area contributed by atoms with Crippen molar-refractivity contribution >= 4 is 17.5 Å². The van der Waals surface area contributed by atoms with Gasteiger partial charge in [-0.15, -0.1) is 0 Å². The number of rotatable bonds is 10. The summed E-state index contributed by atoms with van der Waals surface area (Å²) >= 11 is 0. The standard InChI is InChI=1S/C24H20O6/c25-22(14-23(26)24(27)28)19-12-17(15-29-20-7-3-1-4-8-20)11-18(13-19)16-30-21-9-5-2-6-10-21/h1-13H,14-16H2,(H,27,28). The first kappa shape index (κ1) is 20.8. The summed E-state index contributed by atoms with van der Waals surface area (Å²) in [5.41, 5.74) is 1.66. The Morgan fingerprint density at radius 2 is 1.17 bits per heavy atom. The van der Waals surface area contributed by atoms with Gasteiger partial charge in [-0.2, -0.15) is 0 Å². The van der Waals surface area contributed by atoms with Crippen LogP contribution in [0.4, 0.5) is 0 Å². The van der Waals surface area contributed by atoms with Crippen LogP contribution in [0.5, 0.6) is 11.5 Å². The molecule has 0 aromatic heterocycles. The van der Waals surface area contributed by atoms with Crippen molar-refractivity contribution in [2.24, 2.45) is 0 Å². The van der Waals surface area contributed by atoms with Gasteiger partial charge in [-0.1, -0.05) is 36.4 Å². The highest BCUT2D eigenvalue weighted by molar-refractivity contribution is 6.37. The molecule has 3 rings (SSSR count). The first-order valence-corrected chi connectivity index (χ1v) is 9.29. The summed E-state index contributed by atoms with van der Waals surface area (Å²) in [6, 6.07) is 23.5. The van der Waals surface area contributed by atoms with E-state index in [0.717, 1.165) is 0 Å². The van der Waals surface area contributed by atoms with Crippen LogP contribution >= 0.6 is 0 Å². The number of carboxylic acids is 1. The van der Waals surface area contributed by atoms with Gasteiger partial charge in [0.25, 0.3) is 0 Å². The van der Waals surface area contributed by atoms with Gasteiger partial charge in [0.05, 0.1) is 6.42 Å². The molecule has 0 aliphatic carbocycles. The molecule has 0 fully saturated rings. The molecule has 0 amide bonds. The number of carbonyl (C=O) groups excluding carboxylic acids is 2. The van der Waals surface area contributed by atoms with E-state index < -0.39 is 24.0 Å². The van der Waals surface area contributed by atoms with E-state index in [1.807, 2.05) is 66.7 Å². The maximum absolute atomic E-state index is 12.4. The number of benzene rings is 3. The summed E-state index contributed by atoms with van der Waals surface area (Å²) in [5.74, 6) is -1.98. The van der Waals surface area contributed by atoms with E-state index in [-0.39, 0.29) is 18.8 Å².